The van der Waals surface area contributed by atoms with Crippen molar-refractivity contribution in [2.45, 2.75) is 13.3 Å². The minimum Gasteiger partial charge on any atom is -0.306 e. The standard InChI is InChI=1S/C15H15N3O/c1-11-4-5-14-12(9-11)6-8-18(14)15(19)17-13-3-2-7-16-10-13/h2-5,7,9-10H,6,8H2,1H3,(H,17,19). The average Bonchev–Trinajstić information content (AvgIpc) is 2.82. The SMILES string of the molecule is Cc1ccc2c(c1)CCN2C(=O)Nc1cccnc1. The molecular formula is C15H15N3O. The van der Waals surface area contributed by atoms with Crippen molar-refractivity contribution in [1.82, 2.24) is 4.98 Å². The van der Waals surface area contributed by atoms with Crippen LogP contribution in [0.3, 0.4) is 0 Å². The molecule has 1 aromatic carbocycles. The number of carbonyl (C=O) groups excluding carboxylic acids is 1. The molecule has 0 saturated heterocycles. The molecule has 0 spiro atoms. The molecular weight excluding hydrogens is 238 g/mol. The summed E-state index contributed by atoms with van der Waals surface area (Å²) in [5, 5.41) is 2.86. The molecule has 96 valence electrons. The molecule has 0 fully saturated rings. The summed E-state index contributed by atoms with van der Waals surface area (Å²) < 4.78 is 0. The smallest absolute Gasteiger partial charge is 0.306 e. The van der Waals surface area contributed by atoms with E-state index in [-0.39, 0.29) is 6.03 Å². The molecule has 0 unspecified atom stereocenters. The summed E-state index contributed by atoms with van der Waals surface area (Å²) in [5.41, 5.74) is 4.19. The lowest BCUT2D eigenvalue weighted by atomic mass is 10.1. The van der Waals surface area contributed by atoms with E-state index in [1.165, 1.54) is 11.1 Å². The molecule has 1 aliphatic heterocycles. The van der Waals surface area contributed by atoms with Crippen LogP contribution in [0.5, 0.6) is 0 Å². The van der Waals surface area contributed by atoms with E-state index in [1.54, 1.807) is 23.4 Å². The third kappa shape index (κ3) is 2.29. The number of fused-ring (bicyclic) bond motifs is 1. The molecule has 1 N–H and O–H groups in total. The Labute approximate surface area is 112 Å². The van der Waals surface area contributed by atoms with Gasteiger partial charge in [-0.05, 0) is 37.1 Å². The molecule has 1 aromatic heterocycles. The number of amides is 2. The monoisotopic (exact) mass is 253 g/mol. The number of nitrogens with one attached hydrogen (secondary N) is 1. The zero-order chi connectivity index (χ0) is 13.2. The first-order chi connectivity index (χ1) is 9.24. The Morgan fingerprint density at radius 2 is 2.26 bits per heavy atom. The third-order valence-electron chi connectivity index (χ3n) is 3.29. The van der Waals surface area contributed by atoms with Crippen molar-refractivity contribution in [3.63, 3.8) is 0 Å². The molecule has 19 heavy (non-hydrogen) atoms. The van der Waals surface area contributed by atoms with Crippen LogP contribution < -0.4 is 10.2 Å². The maximum atomic E-state index is 12.2. The van der Waals surface area contributed by atoms with Crippen LogP contribution >= 0.6 is 0 Å². The van der Waals surface area contributed by atoms with Gasteiger partial charge in [-0.15, -0.1) is 0 Å². The van der Waals surface area contributed by atoms with Gasteiger partial charge >= 0.3 is 6.03 Å². The number of urea groups is 1. The van der Waals surface area contributed by atoms with Crippen molar-refractivity contribution < 1.29 is 4.79 Å². The van der Waals surface area contributed by atoms with Crippen LogP contribution in [0.2, 0.25) is 0 Å². The Morgan fingerprint density at radius 1 is 1.37 bits per heavy atom. The predicted octanol–water partition coefficient (Wildman–Crippen LogP) is 2.98. The number of hydrogen-bond donors (Lipinski definition) is 1. The highest BCUT2D eigenvalue weighted by atomic mass is 16.2. The van der Waals surface area contributed by atoms with Gasteiger partial charge in [0, 0.05) is 18.4 Å². The van der Waals surface area contributed by atoms with Crippen LogP contribution in [0.25, 0.3) is 0 Å². The fraction of sp³-hybridized carbons (Fsp3) is 0.200. The van der Waals surface area contributed by atoms with E-state index in [0.29, 0.717) is 5.69 Å². The molecule has 2 heterocycles. The van der Waals surface area contributed by atoms with Gasteiger partial charge in [0.25, 0.3) is 0 Å². The van der Waals surface area contributed by atoms with Gasteiger partial charge < -0.3 is 5.32 Å². The maximum Gasteiger partial charge on any atom is 0.326 e. The van der Waals surface area contributed by atoms with Crippen LogP contribution in [-0.2, 0) is 6.42 Å². The van der Waals surface area contributed by atoms with Crippen LogP contribution in [-0.4, -0.2) is 17.6 Å². The molecule has 4 nitrogen and oxygen atoms in total. The highest BCUT2D eigenvalue weighted by molar-refractivity contribution is 6.03. The van der Waals surface area contributed by atoms with Crippen molar-refractivity contribution >= 4 is 17.4 Å². The number of aromatic nitrogens is 1. The van der Waals surface area contributed by atoms with E-state index < -0.39 is 0 Å². The summed E-state index contributed by atoms with van der Waals surface area (Å²) in [4.78, 5) is 18.0. The van der Waals surface area contributed by atoms with Crippen molar-refractivity contribution in [1.29, 1.82) is 0 Å². The van der Waals surface area contributed by atoms with Gasteiger partial charge in [0.05, 0.1) is 11.9 Å². The molecule has 0 radical (unpaired) electrons. The molecule has 0 aliphatic carbocycles. The Bertz CT molecular complexity index is 610. The van der Waals surface area contributed by atoms with Crippen molar-refractivity contribution in [3.8, 4) is 0 Å². The van der Waals surface area contributed by atoms with E-state index in [2.05, 4.69) is 23.3 Å². The minimum absolute atomic E-state index is 0.101. The normalized spacial score (nSPS) is 13.2. The molecule has 3 rings (SSSR count). The Balaban J connectivity index is 1.80. The lowest BCUT2D eigenvalue weighted by molar-refractivity contribution is 0.257. The summed E-state index contributed by atoms with van der Waals surface area (Å²) in [6, 6.07) is 9.73. The van der Waals surface area contributed by atoms with Gasteiger partial charge in [-0.1, -0.05) is 17.7 Å². The van der Waals surface area contributed by atoms with E-state index in [0.717, 1.165) is 18.7 Å². The Morgan fingerprint density at radius 3 is 3.05 bits per heavy atom. The highest BCUT2D eigenvalue weighted by Crippen LogP contribution is 2.29. The zero-order valence-electron chi connectivity index (χ0n) is 10.8. The second-order valence-corrected chi connectivity index (χ2v) is 4.71. The summed E-state index contributed by atoms with van der Waals surface area (Å²) in [7, 11) is 0. The largest absolute Gasteiger partial charge is 0.326 e. The van der Waals surface area contributed by atoms with Gasteiger partial charge in [0.15, 0.2) is 0 Å². The summed E-state index contributed by atoms with van der Waals surface area (Å²) in [6.45, 7) is 2.80. The Kier molecular flexibility index (Phi) is 2.91. The van der Waals surface area contributed by atoms with Gasteiger partial charge in [0.2, 0.25) is 0 Å². The van der Waals surface area contributed by atoms with Crippen molar-refractivity contribution in [3.05, 3.63) is 53.9 Å². The number of carbonyl (C=O) groups is 1. The fourth-order valence-corrected chi connectivity index (χ4v) is 2.37. The number of aryl methyl sites for hydroxylation is 1. The highest BCUT2D eigenvalue weighted by Gasteiger charge is 2.24. The van der Waals surface area contributed by atoms with E-state index in [1.807, 2.05) is 18.2 Å². The molecule has 2 aromatic rings. The number of pyridine rings is 1. The minimum atomic E-state index is -0.101. The number of benzene rings is 1. The lowest BCUT2D eigenvalue weighted by Crippen LogP contribution is -2.33. The van der Waals surface area contributed by atoms with Gasteiger partial charge in [0.1, 0.15) is 0 Å². The number of rotatable bonds is 1. The zero-order valence-corrected chi connectivity index (χ0v) is 10.8. The quantitative estimate of drug-likeness (QED) is 0.849. The molecule has 4 heteroatoms. The van der Waals surface area contributed by atoms with Gasteiger partial charge in [-0.25, -0.2) is 4.79 Å². The average molecular weight is 253 g/mol. The van der Waals surface area contributed by atoms with E-state index in [4.69, 9.17) is 0 Å². The third-order valence-corrected chi connectivity index (χ3v) is 3.29. The van der Waals surface area contributed by atoms with E-state index >= 15 is 0 Å². The predicted molar refractivity (Wildman–Crippen MR) is 75.5 cm³/mol. The van der Waals surface area contributed by atoms with Crippen LogP contribution in [0.1, 0.15) is 11.1 Å². The van der Waals surface area contributed by atoms with E-state index in [9.17, 15) is 4.79 Å². The lowest BCUT2D eigenvalue weighted by Gasteiger charge is -2.18. The van der Waals surface area contributed by atoms with Crippen LogP contribution in [0, 0.1) is 6.92 Å². The summed E-state index contributed by atoms with van der Waals surface area (Å²) >= 11 is 0. The fourth-order valence-electron chi connectivity index (χ4n) is 2.37. The van der Waals surface area contributed by atoms with Crippen molar-refractivity contribution in [2.75, 3.05) is 16.8 Å². The second-order valence-electron chi connectivity index (χ2n) is 4.71. The van der Waals surface area contributed by atoms with Gasteiger partial charge in [-0.3, -0.25) is 9.88 Å². The first-order valence-corrected chi connectivity index (χ1v) is 6.32. The first kappa shape index (κ1) is 11.7. The Hall–Kier alpha value is -2.36. The van der Waals surface area contributed by atoms with Crippen LogP contribution in [0.4, 0.5) is 16.2 Å². The molecule has 0 bridgehead atoms. The van der Waals surface area contributed by atoms with Crippen LogP contribution in [0.15, 0.2) is 42.7 Å². The molecule has 0 atom stereocenters. The molecule has 2 amide bonds. The second kappa shape index (κ2) is 4.72. The number of hydrogen-bond acceptors (Lipinski definition) is 2. The summed E-state index contributed by atoms with van der Waals surface area (Å²) in [5.74, 6) is 0. The first-order valence-electron chi connectivity index (χ1n) is 6.32. The van der Waals surface area contributed by atoms with Gasteiger partial charge in [-0.2, -0.15) is 0 Å². The molecule has 0 saturated carbocycles. The maximum absolute atomic E-state index is 12.2. The number of nitrogens with zero attached hydrogens (tertiary/aromatic N) is 2. The molecule has 1 aliphatic rings. The number of anilines is 2. The topological polar surface area (TPSA) is 45.2 Å². The van der Waals surface area contributed by atoms with Crippen molar-refractivity contribution in [2.24, 2.45) is 0 Å². The summed E-state index contributed by atoms with van der Waals surface area (Å²) in [6.07, 6.45) is 4.24.